The Balaban J connectivity index is 2.92. The molecule has 0 unspecified atom stereocenters. The fourth-order valence-corrected chi connectivity index (χ4v) is 1.72. The van der Waals surface area contributed by atoms with Gasteiger partial charge in [-0.25, -0.2) is 9.97 Å². The zero-order valence-corrected chi connectivity index (χ0v) is 8.99. The summed E-state index contributed by atoms with van der Waals surface area (Å²) in [5, 5.41) is 0.670. The van der Waals surface area contributed by atoms with E-state index < -0.39 is 0 Å². The summed E-state index contributed by atoms with van der Waals surface area (Å²) in [5.74, 6) is 0. The van der Waals surface area contributed by atoms with Crippen LogP contribution in [0.1, 0.15) is 12.0 Å². The normalized spacial score (nSPS) is 10.5. The van der Waals surface area contributed by atoms with Crippen LogP contribution in [0.3, 0.4) is 0 Å². The van der Waals surface area contributed by atoms with Crippen LogP contribution in [0.2, 0.25) is 15.6 Å². The van der Waals surface area contributed by atoms with E-state index in [2.05, 4.69) is 9.97 Å². The van der Waals surface area contributed by atoms with E-state index in [9.17, 15) is 0 Å². The molecule has 0 aliphatic rings. The molecule has 0 aromatic carbocycles. The van der Waals surface area contributed by atoms with Gasteiger partial charge >= 0.3 is 0 Å². The molecule has 1 aromatic rings. The Labute approximate surface area is 91.2 Å². The molecule has 0 saturated carbocycles. The molecule has 13 heavy (non-hydrogen) atoms. The fourth-order valence-electron chi connectivity index (χ4n) is 0.892. The number of nitrogens with zero attached hydrogens (tertiary/aromatic N) is 2. The minimum absolute atomic E-state index is 0.0616. The molecule has 1 aromatic heterocycles. The highest BCUT2D eigenvalue weighted by atomic mass is 35.5. The van der Waals surface area contributed by atoms with Crippen molar-refractivity contribution >= 4 is 34.8 Å². The van der Waals surface area contributed by atoms with Crippen molar-refractivity contribution in [3.63, 3.8) is 0 Å². The Kier molecular flexibility index (Phi) is 4.19. The molecule has 3 nitrogen and oxygen atoms in total. The first-order chi connectivity index (χ1) is 6.15. The summed E-state index contributed by atoms with van der Waals surface area (Å²) < 4.78 is 0. The van der Waals surface area contributed by atoms with Gasteiger partial charge in [0.25, 0.3) is 0 Å². The second kappa shape index (κ2) is 4.96. The molecule has 2 N–H and O–H groups in total. The maximum absolute atomic E-state index is 5.81. The number of rotatable bonds is 3. The van der Waals surface area contributed by atoms with Gasteiger partial charge in [0.1, 0.15) is 10.3 Å². The molecule has 0 saturated heterocycles. The molecule has 1 heterocycles. The van der Waals surface area contributed by atoms with Gasteiger partial charge in [0.2, 0.25) is 5.28 Å². The first-order valence-electron chi connectivity index (χ1n) is 3.72. The molecule has 0 spiro atoms. The van der Waals surface area contributed by atoms with Gasteiger partial charge < -0.3 is 5.73 Å². The summed E-state index contributed by atoms with van der Waals surface area (Å²) in [6, 6.07) is 0. The minimum Gasteiger partial charge on any atom is -0.330 e. The number of hydrogen-bond acceptors (Lipinski definition) is 3. The van der Waals surface area contributed by atoms with Crippen molar-refractivity contribution < 1.29 is 0 Å². The van der Waals surface area contributed by atoms with Gasteiger partial charge in [-0.15, -0.1) is 0 Å². The maximum atomic E-state index is 5.81. The lowest BCUT2D eigenvalue weighted by atomic mass is 10.2. The fraction of sp³-hybridized carbons (Fsp3) is 0.429. The van der Waals surface area contributed by atoms with E-state index >= 15 is 0 Å². The third kappa shape index (κ3) is 2.95. The summed E-state index contributed by atoms with van der Waals surface area (Å²) in [5.41, 5.74) is 6.06. The van der Waals surface area contributed by atoms with Crippen LogP contribution in [0.25, 0.3) is 0 Å². The minimum atomic E-state index is 0.0616. The second-order valence-corrected chi connectivity index (χ2v) is 3.50. The van der Waals surface area contributed by atoms with Crippen molar-refractivity contribution in [2.24, 2.45) is 5.73 Å². The van der Waals surface area contributed by atoms with Crippen LogP contribution < -0.4 is 5.73 Å². The summed E-state index contributed by atoms with van der Waals surface area (Å²) >= 11 is 17.2. The Morgan fingerprint density at radius 2 is 1.62 bits per heavy atom. The average molecular weight is 241 g/mol. The molecule has 0 aliphatic heterocycles. The van der Waals surface area contributed by atoms with E-state index in [1.54, 1.807) is 0 Å². The van der Waals surface area contributed by atoms with E-state index in [-0.39, 0.29) is 5.28 Å². The smallest absolute Gasteiger partial charge is 0.225 e. The molecule has 0 fully saturated rings. The van der Waals surface area contributed by atoms with Crippen molar-refractivity contribution in [1.29, 1.82) is 0 Å². The average Bonchev–Trinajstić information content (AvgIpc) is 2.02. The lowest BCUT2D eigenvalue weighted by Gasteiger charge is -2.04. The molecular formula is C7H8Cl3N3. The standard InChI is InChI=1S/C7H8Cl3N3/c8-5-4(2-1-3-11)6(9)13-7(10)12-5/h1-3,11H2. The molecule has 0 atom stereocenters. The van der Waals surface area contributed by atoms with Crippen molar-refractivity contribution in [2.45, 2.75) is 12.8 Å². The summed E-state index contributed by atoms with van der Waals surface area (Å²) in [6.45, 7) is 0.579. The van der Waals surface area contributed by atoms with Crippen molar-refractivity contribution in [2.75, 3.05) is 6.54 Å². The lowest BCUT2D eigenvalue weighted by Crippen LogP contribution is -2.02. The first-order valence-corrected chi connectivity index (χ1v) is 4.86. The molecule has 0 aliphatic carbocycles. The van der Waals surface area contributed by atoms with Crippen molar-refractivity contribution in [3.05, 3.63) is 21.2 Å². The Hall–Kier alpha value is -0.0900. The van der Waals surface area contributed by atoms with Gasteiger partial charge in [-0.2, -0.15) is 0 Å². The van der Waals surface area contributed by atoms with Gasteiger partial charge in [-0.3, -0.25) is 0 Å². The zero-order chi connectivity index (χ0) is 9.84. The van der Waals surface area contributed by atoms with E-state index in [0.29, 0.717) is 28.8 Å². The number of hydrogen-bond donors (Lipinski definition) is 1. The maximum Gasteiger partial charge on any atom is 0.225 e. The number of nitrogens with two attached hydrogens (primary N) is 1. The molecular weight excluding hydrogens is 232 g/mol. The van der Waals surface area contributed by atoms with Crippen LogP contribution in [0, 0.1) is 0 Å². The monoisotopic (exact) mass is 239 g/mol. The highest BCUT2D eigenvalue weighted by Crippen LogP contribution is 2.23. The predicted molar refractivity (Wildman–Crippen MR) is 54.4 cm³/mol. The Bertz CT molecular complexity index is 280. The highest BCUT2D eigenvalue weighted by molar-refractivity contribution is 6.36. The van der Waals surface area contributed by atoms with Crippen LogP contribution in [-0.2, 0) is 6.42 Å². The van der Waals surface area contributed by atoms with Gasteiger partial charge in [0, 0.05) is 5.56 Å². The number of aromatic nitrogens is 2. The topological polar surface area (TPSA) is 51.8 Å². The Morgan fingerprint density at radius 1 is 1.08 bits per heavy atom. The third-order valence-electron chi connectivity index (χ3n) is 1.51. The molecule has 6 heteroatoms. The summed E-state index contributed by atoms with van der Waals surface area (Å²) in [6.07, 6.45) is 1.47. The van der Waals surface area contributed by atoms with Crippen LogP contribution >= 0.6 is 34.8 Å². The van der Waals surface area contributed by atoms with E-state index in [1.807, 2.05) is 0 Å². The molecule has 0 radical (unpaired) electrons. The Morgan fingerprint density at radius 3 is 2.08 bits per heavy atom. The van der Waals surface area contributed by atoms with Crippen LogP contribution in [0.4, 0.5) is 0 Å². The van der Waals surface area contributed by atoms with Gasteiger partial charge in [0.15, 0.2) is 0 Å². The van der Waals surface area contributed by atoms with Crippen LogP contribution in [-0.4, -0.2) is 16.5 Å². The highest BCUT2D eigenvalue weighted by Gasteiger charge is 2.09. The molecule has 0 amide bonds. The third-order valence-corrected chi connectivity index (χ3v) is 2.30. The first kappa shape index (κ1) is 11.0. The zero-order valence-electron chi connectivity index (χ0n) is 6.73. The lowest BCUT2D eigenvalue weighted by molar-refractivity contribution is 0.823. The molecule has 0 bridgehead atoms. The van der Waals surface area contributed by atoms with Crippen molar-refractivity contribution in [3.8, 4) is 0 Å². The van der Waals surface area contributed by atoms with Gasteiger partial charge in [-0.1, -0.05) is 23.2 Å². The second-order valence-electron chi connectivity index (χ2n) is 2.45. The number of halogens is 3. The summed E-state index contributed by atoms with van der Waals surface area (Å²) in [7, 11) is 0. The van der Waals surface area contributed by atoms with Gasteiger partial charge in [0.05, 0.1) is 0 Å². The molecule has 1 rings (SSSR count). The molecule has 72 valence electrons. The largest absolute Gasteiger partial charge is 0.330 e. The van der Waals surface area contributed by atoms with E-state index in [1.165, 1.54) is 0 Å². The SMILES string of the molecule is NCCCc1c(Cl)nc(Cl)nc1Cl. The van der Waals surface area contributed by atoms with Crippen LogP contribution in [0.5, 0.6) is 0 Å². The summed E-state index contributed by atoms with van der Waals surface area (Å²) in [4.78, 5) is 7.56. The quantitative estimate of drug-likeness (QED) is 0.652. The predicted octanol–water partition coefficient (Wildman–Crippen LogP) is 2.33. The van der Waals surface area contributed by atoms with Gasteiger partial charge in [-0.05, 0) is 31.0 Å². The van der Waals surface area contributed by atoms with Crippen molar-refractivity contribution in [1.82, 2.24) is 9.97 Å². The van der Waals surface area contributed by atoms with E-state index in [4.69, 9.17) is 40.5 Å². The van der Waals surface area contributed by atoms with E-state index in [0.717, 1.165) is 6.42 Å². The van der Waals surface area contributed by atoms with Crippen LogP contribution in [0.15, 0.2) is 0 Å².